The summed E-state index contributed by atoms with van der Waals surface area (Å²) < 4.78 is 0. The SMILES string of the molecule is O=C(O)CCCSCCN1C(=O)CCC[C@@H]1/C=C/C(=O)Cc1ccccc1[N+](=O)[O-]. The standard InChI is InChI=1S/C21H26N2O6S/c24-18(15-16-5-1-2-7-19(16)23(28)29)11-10-17-6-3-8-20(25)22(17)12-14-30-13-4-9-21(26)27/h1-2,5,7,10-11,17H,3-4,6,8-9,12-15H2,(H,26,27)/b11-10+/t17-/m1/s1. The maximum atomic E-state index is 12.3. The zero-order valence-electron chi connectivity index (χ0n) is 16.7. The van der Waals surface area contributed by atoms with Gasteiger partial charge in [-0.25, -0.2) is 0 Å². The smallest absolute Gasteiger partial charge is 0.303 e. The number of benzene rings is 1. The lowest BCUT2D eigenvalue weighted by atomic mass is 10.00. The second kappa shape index (κ2) is 12.1. The number of nitrogens with zero attached hydrogens (tertiary/aromatic N) is 2. The van der Waals surface area contributed by atoms with E-state index in [9.17, 15) is 24.5 Å². The molecule has 1 amide bonds. The molecular weight excluding hydrogens is 408 g/mol. The number of carboxylic acids is 1. The molecule has 1 N–H and O–H groups in total. The molecule has 0 unspecified atom stereocenters. The van der Waals surface area contributed by atoms with Gasteiger partial charge in [0, 0.05) is 43.2 Å². The molecule has 0 saturated carbocycles. The summed E-state index contributed by atoms with van der Waals surface area (Å²) in [4.78, 5) is 47.5. The molecule has 1 aliphatic rings. The van der Waals surface area contributed by atoms with Crippen molar-refractivity contribution in [1.82, 2.24) is 4.90 Å². The van der Waals surface area contributed by atoms with E-state index in [-0.39, 0.29) is 36.3 Å². The predicted octanol–water partition coefficient (Wildman–Crippen LogP) is 3.24. The molecule has 1 fully saturated rings. The third-order valence-electron chi connectivity index (χ3n) is 4.82. The van der Waals surface area contributed by atoms with Gasteiger partial charge in [-0.3, -0.25) is 24.5 Å². The zero-order chi connectivity index (χ0) is 21.9. The summed E-state index contributed by atoms with van der Waals surface area (Å²) in [6, 6.07) is 6.01. The number of hydrogen-bond donors (Lipinski definition) is 1. The molecule has 0 aromatic heterocycles. The summed E-state index contributed by atoms with van der Waals surface area (Å²) in [6.07, 6.45) is 5.83. The Bertz CT molecular complexity index is 810. The summed E-state index contributed by atoms with van der Waals surface area (Å²) >= 11 is 1.61. The monoisotopic (exact) mass is 434 g/mol. The van der Waals surface area contributed by atoms with Crippen LogP contribution < -0.4 is 0 Å². The first kappa shape index (κ1) is 23.6. The Balaban J connectivity index is 1.89. The fourth-order valence-electron chi connectivity index (χ4n) is 3.33. The molecule has 1 aliphatic heterocycles. The lowest BCUT2D eigenvalue weighted by Crippen LogP contribution is -2.43. The number of aliphatic carboxylic acids is 1. The van der Waals surface area contributed by atoms with Crippen molar-refractivity contribution in [2.45, 2.75) is 44.6 Å². The van der Waals surface area contributed by atoms with Crippen molar-refractivity contribution in [3.63, 3.8) is 0 Å². The predicted molar refractivity (Wildman–Crippen MR) is 114 cm³/mol. The summed E-state index contributed by atoms with van der Waals surface area (Å²) in [5.41, 5.74) is 0.292. The number of amides is 1. The second-order valence-electron chi connectivity index (χ2n) is 7.04. The second-order valence-corrected chi connectivity index (χ2v) is 8.27. The number of allylic oxidation sites excluding steroid dienone is 1. The molecule has 2 rings (SSSR count). The average Bonchev–Trinajstić information content (AvgIpc) is 2.70. The maximum absolute atomic E-state index is 12.3. The van der Waals surface area contributed by atoms with Crippen molar-refractivity contribution >= 4 is 35.1 Å². The molecule has 30 heavy (non-hydrogen) atoms. The molecule has 0 spiro atoms. The summed E-state index contributed by atoms with van der Waals surface area (Å²) in [6.45, 7) is 0.546. The lowest BCUT2D eigenvalue weighted by molar-refractivity contribution is -0.385. The van der Waals surface area contributed by atoms with Gasteiger partial charge < -0.3 is 10.0 Å². The van der Waals surface area contributed by atoms with Gasteiger partial charge in [-0.2, -0.15) is 11.8 Å². The third kappa shape index (κ3) is 7.62. The van der Waals surface area contributed by atoms with E-state index in [1.165, 1.54) is 12.1 Å². The summed E-state index contributed by atoms with van der Waals surface area (Å²) in [5, 5.41) is 19.7. The Morgan fingerprint density at radius 3 is 2.80 bits per heavy atom. The van der Waals surface area contributed by atoms with Crippen LogP contribution in [0.3, 0.4) is 0 Å². The Hall–Kier alpha value is -2.68. The minimum Gasteiger partial charge on any atom is -0.481 e. The number of carbonyl (C=O) groups is 3. The topological polar surface area (TPSA) is 118 Å². The molecule has 1 aromatic carbocycles. The van der Waals surface area contributed by atoms with Crippen LogP contribution in [0.4, 0.5) is 5.69 Å². The molecule has 162 valence electrons. The molecule has 0 bridgehead atoms. The van der Waals surface area contributed by atoms with E-state index < -0.39 is 10.9 Å². The number of rotatable bonds is 12. The van der Waals surface area contributed by atoms with Crippen LogP contribution in [0.15, 0.2) is 36.4 Å². The molecule has 1 aromatic rings. The van der Waals surface area contributed by atoms with Crippen LogP contribution in [-0.4, -0.2) is 56.7 Å². The van der Waals surface area contributed by atoms with Crippen LogP contribution in [0, 0.1) is 10.1 Å². The van der Waals surface area contributed by atoms with Crippen molar-refractivity contribution < 1.29 is 24.4 Å². The highest BCUT2D eigenvalue weighted by atomic mass is 32.2. The number of nitro benzene ring substituents is 1. The van der Waals surface area contributed by atoms with Crippen molar-refractivity contribution in [1.29, 1.82) is 0 Å². The first-order chi connectivity index (χ1) is 14.4. The number of likely N-dealkylation sites (tertiary alicyclic amines) is 1. The molecule has 9 heteroatoms. The fourth-order valence-corrected chi connectivity index (χ4v) is 4.21. The number of carboxylic acid groups (broad SMARTS) is 1. The minimum atomic E-state index is -0.808. The van der Waals surface area contributed by atoms with E-state index in [2.05, 4.69) is 0 Å². The molecule has 1 saturated heterocycles. The van der Waals surface area contributed by atoms with E-state index in [1.54, 1.807) is 40.9 Å². The molecular formula is C21H26N2O6S. The van der Waals surface area contributed by atoms with E-state index in [0.29, 0.717) is 30.7 Å². The Morgan fingerprint density at radius 2 is 2.07 bits per heavy atom. The first-order valence-electron chi connectivity index (χ1n) is 9.91. The fraction of sp³-hybridized carbons (Fsp3) is 0.476. The number of nitro groups is 1. The largest absolute Gasteiger partial charge is 0.481 e. The van der Waals surface area contributed by atoms with Crippen LogP contribution >= 0.6 is 11.8 Å². The first-order valence-corrected chi connectivity index (χ1v) is 11.1. The average molecular weight is 435 g/mol. The Labute approximate surface area is 179 Å². The Morgan fingerprint density at radius 1 is 1.30 bits per heavy atom. The van der Waals surface area contributed by atoms with Crippen molar-refractivity contribution in [3.8, 4) is 0 Å². The van der Waals surface area contributed by atoms with Crippen LogP contribution in [0.25, 0.3) is 0 Å². The normalized spacial score (nSPS) is 16.7. The van der Waals surface area contributed by atoms with Crippen LogP contribution in [-0.2, 0) is 20.8 Å². The number of thioether (sulfide) groups is 1. The number of piperidine rings is 1. The van der Waals surface area contributed by atoms with E-state index in [4.69, 9.17) is 5.11 Å². The summed E-state index contributed by atoms with van der Waals surface area (Å²) in [5.74, 6) is 0.430. The van der Waals surface area contributed by atoms with Crippen molar-refractivity contribution in [3.05, 3.63) is 52.1 Å². The quantitative estimate of drug-likeness (QED) is 0.232. The van der Waals surface area contributed by atoms with Gasteiger partial charge in [-0.15, -0.1) is 0 Å². The molecule has 1 atom stereocenters. The number of hydrogen-bond acceptors (Lipinski definition) is 6. The highest BCUT2D eigenvalue weighted by Gasteiger charge is 2.26. The Kier molecular flexibility index (Phi) is 9.53. The number of carbonyl (C=O) groups excluding carboxylic acids is 2. The van der Waals surface area contributed by atoms with Gasteiger partial charge in [0.25, 0.3) is 5.69 Å². The third-order valence-corrected chi connectivity index (χ3v) is 5.87. The van der Waals surface area contributed by atoms with Gasteiger partial charge in [0.2, 0.25) is 5.91 Å². The number of ketones is 1. The molecule has 8 nitrogen and oxygen atoms in total. The van der Waals surface area contributed by atoms with E-state index in [1.807, 2.05) is 0 Å². The zero-order valence-corrected chi connectivity index (χ0v) is 17.5. The van der Waals surface area contributed by atoms with Crippen LogP contribution in [0.2, 0.25) is 0 Å². The minimum absolute atomic E-state index is 0.0492. The summed E-state index contributed by atoms with van der Waals surface area (Å²) in [7, 11) is 0. The molecule has 0 radical (unpaired) electrons. The van der Waals surface area contributed by atoms with E-state index >= 15 is 0 Å². The molecule has 0 aliphatic carbocycles. The highest BCUT2D eigenvalue weighted by Crippen LogP contribution is 2.21. The van der Waals surface area contributed by atoms with E-state index in [0.717, 1.165) is 18.6 Å². The maximum Gasteiger partial charge on any atom is 0.303 e. The van der Waals surface area contributed by atoms with Crippen LogP contribution in [0.1, 0.15) is 37.7 Å². The van der Waals surface area contributed by atoms with Gasteiger partial charge >= 0.3 is 5.97 Å². The van der Waals surface area contributed by atoms with Gasteiger partial charge in [-0.1, -0.05) is 24.3 Å². The van der Waals surface area contributed by atoms with Gasteiger partial charge in [0.05, 0.1) is 11.0 Å². The van der Waals surface area contributed by atoms with Crippen molar-refractivity contribution in [2.75, 3.05) is 18.1 Å². The lowest BCUT2D eigenvalue weighted by Gasteiger charge is -2.34. The van der Waals surface area contributed by atoms with Gasteiger partial charge in [-0.05, 0) is 31.1 Å². The molecule has 1 heterocycles. The van der Waals surface area contributed by atoms with Gasteiger partial charge in [0.15, 0.2) is 5.78 Å². The number of para-hydroxylation sites is 1. The van der Waals surface area contributed by atoms with Crippen LogP contribution in [0.5, 0.6) is 0 Å². The van der Waals surface area contributed by atoms with Gasteiger partial charge in [0.1, 0.15) is 0 Å². The highest BCUT2D eigenvalue weighted by molar-refractivity contribution is 7.99. The van der Waals surface area contributed by atoms with Crippen molar-refractivity contribution in [2.24, 2.45) is 0 Å².